The summed E-state index contributed by atoms with van der Waals surface area (Å²) >= 11 is 9.50. The van der Waals surface area contributed by atoms with Crippen LogP contribution >= 0.6 is 34.7 Å². The van der Waals surface area contributed by atoms with Gasteiger partial charge in [-0.05, 0) is 43.6 Å². The predicted molar refractivity (Wildman–Crippen MR) is 80.7 cm³/mol. The molecule has 1 unspecified atom stereocenters. The maximum absolute atomic E-state index is 5.94. The van der Waals surface area contributed by atoms with Crippen molar-refractivity contribution in [3.8, 4) is 0 Å². The summed E-state index contributed by atoms with van der Waals surface area (Å²) in [6.45, 7) is 2.19. The first-order valence-electron chi connectivity index (χ1n) is 5.50. The molecule has 2 aromatic rings. The third kappa shape index (κ3) is 3.50. The fraction of sp³-hybridized carbons (Fsp3) is 0.417. The van der Waals surface area contributed by atoms with E-state index in [4.69, 9.17) is 11.6 Å². The highest BCUT2D eigenvalue weighted by Crippen LogP contribution is 2.28. The molecule has 0 aliphatic rings. The number of hydrogen-bond donors (Lipinski definition) is 1. The van der Waals surface area contributed by atoms with E-state index in [0.29, 0.717) is 6.04 Å². The van der Waals surface area contributed by atoms with Gasteiger partial charge in [0.05, 0.1) is 10.2 Å². The molecule has 2 nitrogen and oxygen atoms in total. The molecule has 0 bridgehead atoms. The summed E-state index contributed by atoms with van der Waals surface area (Å²) in [5.41, 5.74) is 0.974. The fourth-order valence-electron chi connectivity index (χ4n) is 1.54. The van der Waals surface area contributed by atoms with Crippen LogP contribution in [0.25, 0.3) is 10.2 Å². The van der Waals surface area contributed by atoms with E-state index in [1.54, 1.807) is 11.3 Å². The second-order valence-corrected chi connectivity index (χ2v) is 6.41. The maximum Gasteiger partial charge on any atom is 0.184 e. The third-order valence-corrected chi connectivity index (χ3v) is 4.32. The van der Waals surface area contributed by atoms with Gasteiger partial charge in [0.2, 0.25) is 0 Å². The van der Waals surface area contributed by atoms with Crippen LogP contribution in [0.1, 0.15) is 13.3 Å². The van der Waals surface area contributed by atoms with Gasteiger partial charge in [-0.3, -0.25) is 0 Å². The first-order chi connectivity index (χ1) is 8.19. The smallest absolute Gasteiger partial charge is 0.184 e. The van der Waals surface area contributed by atoms with Crippen molar-refractivity contribution in [3.05, 3.63) is 23.2 Å². The lowest BCUT2D eigenvalue weighted by Gasteiger charge is -2.11. The molecule has 0 aliphatic heterocycles. The second-order valence-electron chi connectivity index (χ2n) is 3.96. The van der Waals surface area contributed by atoms with E-state index in [9.17, 15) is 0 Å². The molecule has 0 saturated heterocycles. The molecule has 1 atom stereocenters. The Kier molecular flexibility index (Phi) is 4.54. The van der Waals surface area contributed by atoms with Crippen molar-refractivity contribution < 1.29 is 0 Å². The monoisotopic (exact) mass is 286 g/mol. The molecule has 5 heteroatoms. The molecular formula is C12H15ClN2S2. The van der Waals surface area contributed by atoms with Gasteiger partial charge in [0.1, 0.15) is 0 Å². The molecule has 0 amide bonds. The Morgan fingerprint density at radius 2 is 2.35 bits per heavy atom. The maximum atomic E-state index is 5.94. The second kappa shape index (κ2) is 5.94. The van der Waals surface area contributed by atoms with Gasteiger partial charge < -0.3 is 5.32 Å². The molecule has 0 fully saturated rings. The van der Waals surface area contributed by atoms with Crippen LogP contribution in [0.5, 0.6) is 0 Å². The quantitative estimate of drug-likeness (QED) is 0.876. The zero-order valence-electron chi connectivity index (χ0n) is 9.87. The minimum atomic E-state index is 0.457. The lowest BCUT2D eigenvalue weighted by molar-refractivity contribution is 0.771. The van der Waals surface area contributed by atoms with Crippen LogP contribution in [0.3, 0.4) is 0 Å². The lowest BCUT2D eigenvalue weighted by atomic mass is 10.3. The van der Waals surface area contributed by atoms with E-state index in [2.05, 4.69) is 23.5 Å². The number of rotatable bonds is 5. The molecule has 0 radical (unpaired) electrons. The summed E-state index contributed by atoms with van der Waals surface area (Å²) in [5.74, 6) is 1.17. The SMILES string of the molecule is CSCCC(C)Nc1nc2cc(Cl)ccc2s1. The normalized spacial score (nSPS) is 12.9. The molecule has 1 aromatic heterocycles. The van der Waals surface area contributed by atoms with Gasteiger partial charge in [0, 0.05) is 11.1 Å². The van der Waals surface area contributed by atoms with E-state index >= 15 is 0 Å². The highest BCUT2D eigenvalue weighted by atomic mass is 35.5. The number of nitrogens with one attached hydrogen (secondary N) is 1. The average Bonchev–Trinajstić information content (AvgIpc) is 2.67. The Morgan fingerprint density at radius 3 is 3.12 bits per heavy atom. The van der Waals surface area contributed by atoms with E-state index in [0.717, 1.165) is 22.1 Å². The van der Waals surface area contributed by atoms with Gasteiger partial charge in [0.15, 0.2) is 5.13 Å². The van der Waals surface area contributed by atoms with Crippen molar-refractivity contribution in [1.29, 1.82) is 0 Å². The Labute approximate surface area is 115 Å². The molecule has 92 valence electrons. The van der Waals surface area contributed by atoms with E-state index in [-0.39, 0.29) is 0 Å². The van der Waals surface area contributed by atoms with E-state index < -0.39 is 0 Å². The Bertz CT molecular complexity index is 498. The summed E-state index contributed by atoms with van der Waals surface area (Å²) < 4.78 is 1.17. The zero-order chi connectivity index (χ0) is 12.3. The molecule has 1 heterocycles. The molecule has 0 aliphatic carbocycles. The number of halogens is 1. The van der Waals surface area contributed by atoms with Crippen molar-refractivity contribution in [2.75, 3.05) is 17.3 Å². The molecular weight excluding hydrogens is 272 g/mol. The standard InChI is InChI=1S/C12H15ClN2S2/c1-8(5-6-16-2)14-12-15-10-7-9(13)3-4-11(10)17-12/h3-4,7-8H,5-6H2,1-2H3,(H,14,15). The number of fused-ring (bicyclic) bond motifs is 1. The molecule has 17 heavy (non-hydrogen) atoms. The van der Waals surface area contributed by atoms with Gasteiger partial charge in [-0.25, -0.2) is 4.98 Å². The molecule has 0 spiro atoms. The van der Waals surface area contributed by atoms with Gasteiger partial charge in [-0.15, -0.1) is 0 Å². The largest absolute Gasteiger partial charge is 0.359 e. The minimum Gasteiger partial charge on any atom is -0.359 e. The zero-order valence-corrected chi connectivity index (χ0v) is 12.3. The highest BCUT2D eigenvalue weighted by molar-refractivity contribution is 7.98. The van der Waals surface area contributed by atoms with Gasteiger partial charge in [0.25, 0.3) is 0 Å². The van der Waals surface area contributed by atoms with Crippen LogP contribution in [0.4, 0.5) is 5.13 Å². The van der Waals surface area contributed by atoms with Gasteiger partial charge in [-0.2, -0.15) is 11.8 Å². The first kappa shape index (κ1) is 13.0. The summed E-state index contributed by atoms with van der Waals surface area (Å²) in [5, 5.41) is 5.16. The summed E-state index contributed by atoms with van der Waals surface area (Å²) in [7, 11) is 0. The van der Waals surface area contributed by atoms with Crippen LogP contribution in [0.15, 0.2) is 18.2 Å². The number of anilines is 1. The van der Waals surface area contributed by atoms with Crippen LogP contribution in [0, 0.1) is 0 Å². The number of nitrogens with zero attached hydrogens (tertiary/aromatic N) is 1. The van der Waals surface area contributed by atoms with Crippen LogP contribution in [-0.4, -0.2) is 23.0 Å². The molecule has 1 aromatic carbocycles. The van der Waals surface area contributed by atoms with Gasteiger partial charge >= 0.3 is 0 Å². The van der Waals surface area contributed by atoms with Crippen LogP contribution < -0.4 is 5.32 Å². The van der Waals surface area contributed by atoms with E-state index in [1.165, 1.54) is 10.5 Å². The number of benzene rings is 1. The van der Waals surface area contributed by atoms with Crippen LogP contribution in [-0.2, 0) is 0 Å². The molecule has 2 rings (SSSR count). The number of thioether (sulfide) groups is 1. The lowest BCUT2D eigenvalue weighted by Crippen LogP contribution is -2.15. The van der Waals surface area contributed by atoms with Crippen molar-refractivity contribution in [3.63, 3.8) is 0 Å². The van der Waals surface area contributed by atoms with Crippen molar-refractivity contribution >= 4 is 50.0 Å². The number of thiazole rings is 1. The topological polar surface area (TPSA) is 24.9 Å². The molecule has 0 saturated carbocycles. The number of hydrogen-bond acceptors (Lipinski definition) is 4. The Hall–Kier alpha value is -0.450. The fourth-order valence-corrected chi connectivity index (χ4v) is 3.25. The summed E-state index contributed by atoms with van der Waals surface area (Å²) in [6, 6.07) is 6.29. The van der Waals surface area contributed by atoms with Crippen LogP contribution in [0.2, 0.25) is 5.02 Å². The average molecular weight is 287 g/mol. The predicted octanol–water partition coefficient (Wildman–Crippen LogP) is 4.50. The van der Waals surface area contributed by atoms with Crippen molar-refractivity contribution in [2.45, 2.75) is 19.4 Å². The van der Waals surface area contributed by atoms with E-state index in [1.807, 2.05) is 30.0 Å². The number of aromatic nitrogens is 1. The summed E-state index contributed by atoms with van der Waals surface area (Å²) in [4.78, 5) is 4.54. The molecule has 1 N–H and O–H groups in total. The van der Waals surface area contributed by atoms with Crippen molar-refractivity contribution in [1.82, 2.24) is 4.98 Å². The van der Waals surface area contributed by atoms with Gasteiger partial charge in [-0.1, -0.05) is 22.9 Å². The van der Waals surface area contributed by atoms with Crippen molar-refractivity contribution in [2.24, 2.45) is 0 Å². The Balaban J connectivity index is 2.08. The first-order valence-corrected chi connectivity index (χ1v) is 8.09. The minimum absolute atomic E-state index is 0.457. The Morgan fingerprint density at radius 1 is 1.53 bits per heavy atom. The highest BCUT2D eigenvalue weighted by Gasteiger charge is 2.07. The third-order valence-electron chi connectivity index (χ3n) is 2.47. The summed E-state index contributed by atoms with van der Waals surface area (Å²) in [6.07, 6.45) is 3.28.